The Hall–Kier alpha value is -2.15. The number of aromatic nitrogens is 2. The van der Waals surface area contributed by atoms with Crippen LogP contribution in [-0.2, 0) is 10.3 Å². The van der Waals surface area contributed by atoms with E-state index in [1.165, 1.54) is 30.9 Å². The van der Waals surface area contributed by atoms with Gasteiger partial charge in [-0.2, -0.15) is 5.10 Å². The van der Waals surface area contributed by atoms with Gasteiger partial charge >= 0.3 is 5.97 Å². The molecule has 0 spiro atoms. The number of carbonyl (C=O) groups excluding carboxylic acids is 1. The molecule has 1 heterocycles. The molecule has 1 amide bonds. The van der Waals surface area contributed by atoms with Crippen LogP contribution in [0.5, 0.6) is 0 Å². The van der Waals surface area contributed by atoms with E-state index in [1.54, 1.807) is 12.1 Å². The minimum absolute atomic E-state index is 0.272. The molecule has 2 N–H and O–H groups in total. The van der Waals surface area contributed by atoms with E-state index in [0.29, 0.717) is 11.3 Å². The largest absolute Gasteiger partial charge is 0.479 e. The number of carboxylic acid groups (broad SMARTS) is 1. The molecule has 1 aromatic carbocycles. The number of aliphatic carboxylic acids is 1. The smallest absolute Gasteiger partial charge is 0.331 e. The third-order valence-corrected chi connectivity index (χ3v) is 4.31. The Labute approximate surface area is 136 Å². The summed E-state index contributed by atoms with van der Waals surface area (Å²) in [4.78, 5) is 23.5. The number of nitrogens with zero attached hydrogens (tertiary/aromatic N) is 2. The summed E-state index contributed by atoms with van der Waals surface area (Å²) in [6.07, 6.45) is 2.93. The van der Waals surface area contributed by atoms with E-state index in [9.17, 15) is 14.7 Å². The Morgan fingerprint density at radius 1 is 1.36 bits per heavy atom. The number of hydrogen-bond donors (Lipinski definition) is 2. The Balaban J connectivity index is 2.22. The van der Waals surface area contributed by atoms with Crippen molar-refractivity contribution in [2.45, 2.75) is 26.3 Å². The van der Waals surface area contributed by atoms with Crippen LogP contribution >= 0.6 is 15.9 Å². The third-order valence-electron chi connectivity index (χ3n) is 3.45. The number of carbonyl (C=O) groups is 2. The van der Waals surface area contributed by atoms with Crippen LogP contribution in [0.3, 0.4) is 0 Å². The van der Waals surface area contributed by atoms with E-state index >= 15 is 0 Å². The molecule has 2 aromatic rings. The molecule has 0 saturated carbocycles. The summed E-state index contributed by atoms with van der Waals surface area (Å²) in [7, 11) is 0. The first-order chi connectivity index (χ1) is 10.2. The predicted octanol–water partition coefficient (Wildman–Crippen LogP) is 3.03. The van der Waals surface area contributed by atoms with Gasteiger partial charge in [-0.25, -0.2) is 4.79 Å². The van der Waals surface area contributed by atoms with E-state index in [4.69, 9.17) is 0 Å². The number of benzene rings is 1. The molecule has 2 rings (SSSR count). The second-order valence-corrected chi connectivity index (χ2v) is 6.26. The van der Waals surface area contributed by atoms with Gasteiger partial charge in [0.1, 0.15) is 0 Å². The fourth-order valence-corrected chi connectivity index (χ4v) is 2.21. The van der Waals surface area contributed by atoms with Gasteiger partial charge in [-0.1, -0.05) is 22.0 Å². The number of nitrogens with one attached hydrogen (secondary N) is 1. The highest BCUT2D eigenvalue weighted by molar-refractivity contribution is 9.10. The van der Waals surface area contributed by atoms with Gasteiger partial charge in [-0.3, -0.25) is 9.48 Å². The average molecular weight is 366 g/mol. The lowest BCUT2D eigenvalue weighted by Gasteiger charge is -2.19. The molecule has 0 radical (unpaired) electrons. The normalized spacial score (nSPS) is 11.3. The molecule has 0 atom stereocenters. The van der Waals surface area contributed by atoms with Gasteiger partial charge in [0.2, 0.25) is 0 Å². The molecular weight excluding hydrogens is 350 g/mol. The van der Waals surface area contributed by atoms with Gasteiger partial charge < -0.3 is 10.4 Å². The van der Waals surface area contributed by atoms with Crippen LogP contribution in [-0.4, -0.2) is 26.8 Å². The van der Waals surface area contributed by atoms with E-state index in [-0.39, 0.29) is 5.91 Å². The lowest BCUT2D eigenvalue weighted by molar-refractivity contribution is -0.146. The minimum atomic E-state index is -1.19. The second kappa shape index (κ2) is 5.92. The molecule has 6 nitrogen and oxygen atoms in total. The molecule has 0 fully saturated rings. The van der Waals surface area contributed by atoms with Crippen LogP contribution in [0.4, 0.5) is 5.69 Å². The van der Waals surface area contributed by atoms with Gasteiger partial charge in [-0.15, -0.1) is 0 Å². The van der Waals surface area contributed by atoms with Gasteiger partial charge in [0.25, 0.3) is 5.91 Å². The zero-order valence-electron chi connectivity index (χ0n) is 12.4. The first-order valence-corrected chi connectivity index (χ1v) is 7.38. The number of anilines is 1. The van der Waals surface area contributed by atoms with E-state index in [0.717, 1.165) is 10.0 Å². The fraction of sp³-hybridized carbons (Fsp3) is 0.267. The fourth-order valence-electron chi connectivity index (χ4n) is 1.84. The highest BCUT2D eigenvalue weighted by atomic mass is 79.9. The van der Waals surface area contributed by atoms with Crippen molar-refractivity contribution < 1.29 is 14.7 Å². The molecular formula is C15H16BrN3O3. The zero-order chi connectivity index (χ0) is 16.5. The maximum absolute atomic E-state index is 12.3. The first-order valence-electron chi connectivity index (χ1n) is 6.58. The van der Waals surface area contributed by atoms with Crippen molar-refractivity contribution in [3.63, 3.8) is 0 Å². The molecule has 0 saturated heterocycles. The van der Waals surface area contributed by atoms with Crippen LogP contribution < -0.4 is 5.32 Å². The van der Waals surface area contributed by atoms with E-state index in [1.807, 2.05) is 13.0 Å². The van der Waals surface area contributed by atoms with Gasteiger partial charge in [-0.05, 0) is 38.5 Å². The minimum Gasteiger partial charge on any atom is -0.479 e. The molecule has 22 heavy (non-hydrogen) atoms. The number of halogens is 1. The zero-order valence-corrected chi connectivity index (χ0v) is 14.0. The molecule has 0 aliphatic heterocycles. The molecule has 0 unspecified atom stereocenters. The van der Waals surface area contributed by atoms with Crippen molar-refractivity contribution in [2.75, 3.05) is 5.32 Å². The lowest BCUT2D eigenvalue weighted by Crippen LogP contribution is -2.35. The van der Waals surface area contributed by atoms with E-state index in [2.05, 4.69) is 26.3 Å². The van der Waals surface area contributed by atoms with Gasteiger partial charge in [0.05, 0.1) is 11.9 Å². The van der Waals surface area contributed by atoms with E-state index < -0.39 is 11.5 Å². The first kappa shape index (κ1) is 16.2. The average Bonchev–Trinajstić information content (AvgIpc) is 2.90. The SMILES string of the molecule is Cc1c(Br)cccc1C(=O)Nc1cnn(C(C)(C)C(=O)O)c1. The number of hydrogen-bond acceptors (Lipinski definition) is 3. The summed E-state index contributed by atoms with van der Waals surface area (Å²) in [5.41, 5.74) is 0.630. The van der Waals surface area contributed by atoms with Crippen LogP contribution in [0.15, 0.2) is 35.1 Å². The molecule has 0 bridgehead atoms. The van der Waals surface area contributed by atoms with Crippen molar-refractivity contribution in [2.24, 2.45) is 0 Å². The van der Waals surface area contributed by atoms with Crippen LogP contribution in [0.2, 0.25) is 0 Å². The maximum Gasteiger partial charge on any atom is 0.331 e. The molecule has 7 heteroatoms. The molecule has 1 aromatic heterocycles. The summed E-state index contributed by atoms with van der Waals surface area (Å²) in [6, 6.07) is 5.36. The Kier molecular flexibility index (Phi) is 4.37. The summed E-state index contributed by atoms with van der Waals surface area (Å²) in [6.45, 7) is 4.91. The van der Waals surface area contributed by atoms with Crippen LogP contribution in [0.1, 0.15) is 29.8 Å². The summed E-state index contributed by atoms with van der Waals surface area (Å²) < 4.78 is 2.15. The number of carboxylic acids is 1. The summed E-state index contributed by atoms with van der Waals surface area (Å²) >= 11 is 3.38. The third kappa shape index (κ3) is 3.04. The van der Waals surface area contributed by atoms with Gasteiger partial charge in [0, 0.05) is 16.2 Å². The Bertz CT molecular complexity index is 737. The Morgan fingerprint density at radius 3 is 2.68 bits per heavy atom. The van der Waals surface area contributed by atoms with Crippen LogP contribution in [0.25, 0.3) is 0 Å². The maximum atomic E-state index is 12.3. The molecule has 0 aliphatic carbocycles. The van der Waals surface area contributed by atoms with Crippen molar-refractivity contribution >= 4 is 33.5 Å². The van der Waals surface area contributed by atoms with Crippen molar-refractivity contribution in [3.8, 4) is 0 Å². The standard InChI is InChI=1S/C15H16BrN3O3/c1-9-11(5-4-6-12(9)16)13(20)18-10-7-17-19(8-10)15(2,3)14(21)22/h4-8H,1-3H3,(H,18,20)(H,21,22). The van der Waals surface area contributed by atoms with Gasteiger partial charge in [0.15, 0.2) is 5.54 Å². The number of amides is 1. The van der Waals surface area contributed by atoms with Crippen molar-refractivity contribution in [3.05, 3.63) is 46.2 Å². The summed E-state index contributed by atoms with van der Waals surface area (Å²) in [5.74, 6) is -1.28. The van der Waals surface area contributed by atoms with Crippen molar-refractivity contribution in [1.29, 1.82) is 0 Å². The quantitative estimate of drug-likeness (QED) is 0.871. The molecule has 0 aliphatic rings. The second-order valence-electron chi connectivity index (χ2n) is 5.40. The highest BCUT2D eigenvalue weighted by Gasteiger charge is 2.30. The lowest BCUT2D eigenvalue weighted by atomic mass is 10.1. The highest BCUT2D eigenvalue weighted by Crippen LogP contribution is 2.21. The topological polar surface area (TPSA) is 84.2 Å². The number of rotatable bonds is 4. The predicted molar refractivity (Wildman–Crippen MR) is 86.0 cm³/mol. The molecule has 116 valence electrons. The van der Waals surface area contributed by atoms with Crippen molar-refractivity contribution in [1.82, 2.24) is 9.78 Å². The monoisotopic (exact) mass is 365 g/mol. The van der Waals surface area contributed by atoms with Crippen LogP contribution in [0, 0.1) is 6.92 Å². The Morgan fingerprint density at radius 2 is 2.05 bits per heavy atom. The summed E-state index contributed by atoms with van der Waals surface area (Å²) in [5, 5.41) is 15.9.